The van der Waals surface area contributed by atoms with Gasteiger partial charge in [-0.2, -0.15) is 0 Å². The number of benzene rings is 2. The van der Waals surface area contributed by atoms with E-state index in [1.807, 2.05) is 18.2 Å². The van der Waals surface area contributed by atoms with Crippen LogP contribution in [0.5, 0.6) is 0 Å². The zero-order valence-electron chi connectivity index (χ0n) is 14.4. The van der Waals surface area contributed by atoms with Crippen LogP contribution in [0.25, 0.3) is 0 Å². The van der Waals surface area contributed by atoms with Gasteiger partial charge in [-0.25, -0.2) is 0 Å². The number of fused-ring (bicyclic) bond motifs is 1. The van der Waals surface area contributed by atoms with Crippen molar-refractivity contribution >= 4 is 23.0 Å². The monoisotopic (exact) mass is 339 g/mol. The van der Waals surface area contributed by atoms with Crippen LogP contribution in [0.4, 0.5) is 17.1 Å². The average molecular weight is 339 g/mol. The van der Waals surface area contributed by atoms with Crippen LogP contribution < -0.4 is 10.2 Å². The third kappa shape index (κ3) is 3.63. The molecule has 1 aliphatic rings. The number of nitro benzene ring substituents is 1. The molecule has 2 aromatic rings. The largest absolute Gasteiger partial charge is 0.359 e. The highest BCUT2D eigenvalue weighted by atomic mass is 16.6. The molecule has 1 N–H and O–H groups in total. The summed E-state index contributed by atoms with van der Waals surface area (Å²) in [7, 11) is 0. The van der Waals surface area contributed by atoms with Gasteiger partial charge in [0, 0.05) is 29.0 Å². The molecular weight excluding hydrogens is 318 g/mol. The number of hydrogen-bond donors (Lipinski definition) is 1. The second kappa shape index (κ2) is 6.93. The SMILES string of the molecule is Cc1ccc(NC(=O)CN2c3ccccc3CCC2C)cc1[N+](=O)[O-]. The first-order chi connectivity index (χ1) is 12.0. The number of rotatable bonds is 4. The molecular formula is C19H21N3O3. The number of para-hydroxylation sites is 1. The summed E-state index contributed by atoms with van der Waals surface area (Å²) in [4.78, 5) is 25.2. The van der Waals surface area contributed by atoms with Gasteiger partial charge in [0.25, 0.3) is 5.69 Å². The molecule has 1 atom stereocenters. The molecule has 1 aliphatic heterocycles. The highest BCUT2D eigenvalue weighted by Crippen LogP contribution is 2.30. The van der Waals surface area contributed by atoms with Gasteiger partial charge in [0.05, 0.1) is 11.5 Å². The molecule has 0 aliphatic carbocycles. The summed E-state index contributed by atoms with van der Waals surface area (Å²) in [6.45, 7) is 4.01. The van der Waals surface area contributed by atoms with Crippen LogP contribution in [0.3, 0.4) is 0 Å². The summed E-state index contributed by atoms with van der Waals surface area (Å²) in [5.41, 5.74) is 3.36. The summed E-state index contributed by atoms with van der Waals surface area (Å²) in [5, 5.41) is 13.8. The van der Waals surface area contributed by atoms with Gasteiger partial charge in [0.2, 0.25) is 5.91 Å². The van der Waals surface area contributed by atoms with Gasteiger partial charge >= 0.3 is 0 Å². The normalized spacial score (nSPS) is 16.2. The van der Waals surface area contributed by atoms with E-state index in [-0.39, 0.29) is 24.2 Å². The molecule has 0 radical (unpaired) electrons. The summed E-state index contributed by atoms with van der Waals surface area (Å²) in [6, 6.07) is 13.1. The summed E-state index contributed by atoms with van der Waals surface area (Å²) < 4.78 is 0. The number of aryl methyl sites for hydroxylation is 2. The first-order valence-corrected chi connectivity index (χ1v) is 8.35. The Morgan fingerprint density at radius 3 is 2.84 bits per heavy atom. The molecule has 0 aromatic heterocycles. The van der Waals surface area contributed by atoms with E-state index in [4.69, 9.17) is 0 Å². The lowest BCUT2D eigenvalue weighted by atomic mass is 9.96. The highest BCUT2D eigenvalue weighted by Gasteiger charge is 2.24. The van der Waals surface area contributed by atoms with Crippen LogP contribution in [0.1, 0.15) is 24.5 Å². The minimum atomic E-state index is -0.437. The number of carbonyl (C=O) groups is 1. The van der Waals surface area contributed by atoms with Gasteiger partial charge in [0.15, 0.2) is 0 Å². The van der Waals surface area contributed by atoms with Crippen LogP contribution in [-0.2, 0) is 11.2 Å². The van der Waals surface area contributed by atoms with E-state index in [9.17, 15) is 14.9 Å². The Kier molecular flexibility index (Phi) is 4.70. The van der Waals surface area contributed by atoms with Crippen LogP contribution in [0.15, 0.2) is 42.5 Å². The van der Waals surface area contributed by atoms with Crippen molar-refractivity contribution in [2.75, 3.05) is 16.8 Å². The zero-order valence-corrected chi connectivity index (χ0v) is 14.4. The maximum Gasteiger partial charge on any atom is 0.274 e. The van der Waals surface area contributed by atoms with Crippen molar-refractivity contribution in [2.45, 2.75) is 32.7 Å². The number of anilines is 2. The smallest absolute Gasteiger partial charge is 0.274 e. The number of carbonyl (C=O) groups excluding carboxylic acids is 1. The standard InChI is InChI=1S/C19H21N3O3/c1-13-7-10-16(11-18(13)22(24)25)20-19(23)12-21-14(2)8-9-15-5-3-4-6-17(15)21/h3-7,10-11,14H,8-9,12H2,1-2H3,(H,20,23). The fourth-order valence-electron chi connectivity index (χ4n) is 3.24. The predicted molar refractivity (Wildman–Crippen MR) is 98.0 cm³/mol. The molecule has 0 spiro atoms. The molecule has 1 amide bonds. The Balaban J connectivity index is 1.75. The molecule has 1 unspecified atom stereocenters. The fraction of sp³-hybridized carbons (Fsp3) is 0.316. The molecule has 6 nitrogen and oxygen atoms in total. The molecule has 130 valence electrons. The van der Waals surface area contributed by atoms with Crippen molar-refractivity contribution in [3.63, 3.8) is 0 Å². The van der Waals surface area contributed by atoms with E-state index in [1.54, 1.807) is 19.1 Å². The van der Waals surface area contributed by atoms with Crippen molar-refractivity contribution in [1.29, 1.82) is 0 Å². The highest BCUT2D eigenvalue weighted by molar-refractivity contribution is 5.94. The average Bonchev–Trinajstić information content (AvgIpc) is 2.59. The van der Waals surface area contributed by atoms with Gasteiger partial charge in [-0.15, -0.1) is 0 Å². The van der Waals surface area contributed by atoms with Crippen molar-refractivity contribution in [3.05, 3.63) is 63.7 Å². The maximum atomic E-state index is 12.5. The minimum absolute atomic E-state index is 0.00878. The van der Waals surface area contributed by atoms with Crippen molar-refractivity contribution < 1.29 is 9.72 Å². The Bertz CT molecular complexity index is 819. The lowest BCUT2D eigenvalue weighted by Gasteiger charge is -2.36. The van der Waals surface area contributed by atoms with Gasteiger partial charge in [-0.1, -0.05) is 24.3 Å². The number of nitrogens with one attached hydrogen (secondary N) is 1. The number of nitrogens with zero attached hydrogens (tertiary/aromatic N) is 2. The van der Waals surface area contributed by atoms with Crippen LogP contribution in [0.2, 0.25) is 0 Å². The van der Waals surface area contributed by atoms with Crippen molar-refractivity contribution in [3.8, 4) is 0 Å². The maximum absolute atomic E-state index is 12.5. The number of hydrogen-bond acceptors (Lipinski definition) is 4. The summed E-state index contributed by atoms with van der Waals surface area (Å²) in [5.74, 6) is -0.179. The Hall–Kier alpha value is -2.89. The van der Waals surface area contributed by atoms with E-state index < -0.39 is 4.92 Å². The van der Waals surface area contributed by atoms with E-state index in [1.165, 1.54) is 11.6 Å². The van der Waals surface area contributed by atoms with Crippen LogP contribution in [-0.4, -0.2) is 23.4 Å². The zero-order chi connectivity index (χ0) is 18.0. The first-order valence-electron chi connectivity index (χ1n) is 8.35. The lowest BCUT2D eigenvalue weighted by molar-refractivity contribution is -0.385. The van der Waals surface area contributed by atoms with Gasteiger partial charge in [-0.3, -0.25) is 14.9 Å². The molecule has 1 heterocycles. The predicted octanol–water partition coefficient (Wildman–Crippen LogP) is 3.68. The first kappa shape index (κ1) is 17.0. The molecule has 0 saturated carbocycles. The molecule has 3 rings (SSSR count). The van der Waals surface area contributed by atoms with E-state index in [0.29, 0.717) is 11.3 Å². The van der Waals surface area contributed by atoms with Crippen LogP contribution in [0, 0.1) is 17.0 Å². The molecule has 6 heteroatoms. The second-order valence-corrected chi connectivity index (χ2v) is 6.45. The summed E-state index contributed by atoms with van der Waals surface area (Å²) in [6.07, 6.45) is 2.01. The quantitative estimate of drug-likeness (QED) is 0.681. The number of amides is 1. The molecule has 0 fully saturated rings. The third-order valence-electron chi connectivity index (χ3n) is 4.67. The molecule has 0 saturated heterocycles. The van der Waals surface area contributed by atoms with Crippen molar-refractivity contribution in [2.24, 2.45) is 0 Å². The molecule has 25 heavy (non-hydrogen) atoms. The van der Waals surface area contributed by atoms with E-state index in [2.05, 4.69) is 23.2 Å². The van der Waals surface area contributed by atoms with Crippen LogP contribution >= 0.6 is 0 Å². The Morgan fingerprint density at radius 1 is 1.32 bits per heavy atom. The third-order valence-corrected chi connectivity index (χ3v) is 4.67. The molecule has 0 bridgehead atoms. The van der Waals surface area contributed by atoms with Crippen molar-refractivity contribution in [1.82, 2.24) is 0 Å². The summed E-state index contributed by atoms with van der Waals surface area (Å²) >= 11 is 0. The molecule has 2 aromatic carbocycles. The van der Waals surface area contributed by atoms with E-state index >= 15 is 0 Å². The van der Waals surface area contributed by atoms with Gasteiger partial charge < -0.3 is 10.2 Å². The van der Waals surface area contributed by atoms with E-state index in [0.717, 1.165) is 18.5 Å². The fourth-order valence-corrected chi connectivity index (χ4v) is 3.24. The van der Waals surface area contributed by atoms with Gasteiger partial charge in [0.1, 0.15) is 0 Å². The second-order valence-electron chi connectivity index (χ2n) is 6.45. The Morgan fingerprint density at radius 2 is 2.08 bits per heavy atom. The lowest BCUT2D eigenvalue weighted by Crippen LogP contribution is -2.42. The minimum Gasteiger partial charge on any atom is -0.359 e. The Labute approximate surface area is 146 Å². The number of nitro groups is 1. The van der Waals surface area contributed by atoms with Gasteiger partial charge in [-0.05, 0) is 44.4 Å². The topological polar surface area (TPSA) is 75.5 Å².